The van der Waals surface area contributed by atoms with E-state index in [-0.39, 0.29) is 5.91 Å². The molecule has 1 saturated heterocycles. The molecule has 19 heavy (non-hydrogen) atoms. The van der Waals surface area contributed by atoms with Crippen LogP contribution in [0.25, 0.3) is 0 Å². The van der Waals surface area contributed by atoms with Crippen molar-refractivity contribution in [2.45, 2.75) is 0 Å². The third kappa shape index (κ3) is 3.29. The van der Waals surface area contributed by atoms with E-state index in [1.54, 1.807) is 23.1 Å². The van der Waals surface area contributed by atoms with Gasteiger partial charge in [0.15, 0.2) is 5.11 Å². The molecule has 1 aliphatic rings. The average molecular weight is 318 g/mol. The van der Waals surface area contributed by atoms with Gasteiger partial charge in [0.25, 0.3) is 5.91 Å². The van der Waals surface area contributed by atoms with Crippen molar-refractivity contribution in [3.63, 3.8) is 0 Å². The van der Waals surface area contributed by atoms with Gasteiger partial charge in [-0.2, -0.15) is 0 Å². The molecule has 0 radical (unpaired) electrons. The summed E-state index contributed by atoms with van der Waals surface area (Å²) >= 11 is 16.8. The van der Waals surface area contributed by atoms with E-state index in [0.717, 1.165) is 0 Å². The monoisotopic (exact) mass is 317 g/mol. The lowest BCUT2D eigenvalue weighted by atomic mass is 10.2. The van der Waals surface area contributed by atoms with Crippen molar-refractivity contribution in [3.8, 4) is 0 Å². The Bertz CT molecular complexity index is 516. The largest absolute Gasteiger partial charge is 0.376 e. The number of halogens is 2. The Balaban J connectivity index is 2.07. The Morgan fingerprint density at radius 3 is 2.26 bits per heavy atom. The molecule has 1 aromatic rings. The summed E-state index contributed by atoms with van der Waals surface area (Å²) in [6.07, 6.45) is 0. The number of benzene rings is 1. The molecule has 0 saturated carbocycles. The Morgan fingerprint density at radius 1 is 1.16 bits per heavy atom. The first kappa shape index (κ1) is 14.4. The predicted molar refractivity (Wildman–Crippen MR) is 80.7 cm³/mol. The summed E-state index contributed by atoms with van der Waals surface area (Å²) in [4.78, 5) is 15.9. The number of nitrogens with zero attached hydrogens (tertiary/aromatic N) is 2. The highest BCUT2D eigenvalue weighted by atomic mass is 35.5. The van der Waals surface area contributed by atoms with E-state index in [2.05, 4.69) is 0 Å². The smallest absolute Gasteiger partial charge is 0.255 e. The second kappa shape index (κ2) is 5.94. The topological polar surface area (TPSA) is 49.6 Å². The molecule has 0 bridgehead atoms. The van der Waals surface area contributed by atoms with Crippen molar-refractivity contribution < 1.29 is 4.79 Å². The summed E-state index contributed by atoms with van der Waals surface area (Å²) in [7, 11) is 0. The van der Waals surface area contributed by atoms with Crippen LogP contribution in [0.15, 0.2) is 18.2 Å². The van der Waals surface area contributed by atoms with E-state index in [0.29, 0.717) is 46.9 Å². The van der Waals surface area contributed by atoms with Gasteiger partial charge in [0.1, 0.15) is 0 Å². The minimum Gasteiger partial charge on any atom is -0.376 e. The fourth-order valence-electron chi connectivity index (χ4n) is 1.96. The second-order valence-corrected chi connectivity index (χ2v) is 5.50. The number of carbonyl (C=O) groups excluding carboxylic acids is 1. The van der Waals surface area contributed by atoms with Crippen LogP contribution in [-0.4, -0.2) is 47.0 Å². The quantitative estimate of drug-likeness (QED) is 0.805. The van der Waals surface area contributed by atoms with Crippen molar-refractivity contribution in [3.05, 3.63) is 33.8 Å². The van der Waals surface area contributed by atoms with E-state index in [1.807, 2.05) is 4.90 Å². The van der Waals surface area contributed by atoms with Crippen molar-refractivity contribution in [1.82, 2.24) is 9.80 Å². The van der Waals surface area contributed by atoms with Crippen molar-refractivity contribution in [2.75, 3.05) is 26.2 Å². The van der Waals surface area contributed by atoms with Gasteiger partial charge in [-0.3, -0.25) is 4.79 Å². The highest BCUT2D eigenvalue weighted by Gasteiger charge is 2.23. The lowest BCUT2D eigenvalue weighted by Crippen LogP contribution is -2.52. The van der Waals surface area contributed by atoms with Crippen molar-refractivity contribution in [2.24, 2.45) is 5.73 Å². The first-order valence-electron chi connectivity index (χ1n) is 5.78. The maximum Gasteiger partial charge on any atom is 0.255 e. The minimum absolute atomic E-state index is 0.0933. The SMILES string of the molecule is NC(=S)N1CCN(C(=O)c2ccc(Cl)cc2Cl)CC1. The summed E-state index contributed by atoms with van der Waals surface area (Å²) in [5.74, 6) is -0.0933. The lowest BCUT2D eigenvalue weighted by molar-refractivity contribution is 0.0693. The van der Waals surface area contributed by atoms with Crippen LogP contribution in [0.3, 0.4) is 0 Å². The third-order valence-corrected chi connectivity index (χ3v) is 3.85. The summed E-state index contributed by atoms with van der Waals surface area (Å²) in [5.41, 5.74) is 6.03. The van der Waals surface area contributed by atoms with Gasteiger partial charge in [-0.05, 0) is 30.4 Å². The maximum atomic E-state index is 12.3. The molecule has 0 spiro atoms. The molecule has 2 rings (SSSR count). The van der Waals surface area contributed by atoms with Crippen LogP contribution in [0.2, 0.25) is 10.0 Å². The number of nitrogens with two attached hydrogens (primary N) is 1. The molecule has 1 fully saturated rings. The first-order valence-corrected chi connectivity index (χ1v) is 6.94. The van der Waals surface area contributed by atoms with Gasteiger partial charge < -0.3 is 15.5 Å². The number of carbonyl (C=O) groups is 1. The second-order valence-electron chi connectivity index (χ2n) is 4.24. The molecular weight excluding hydrogens is 305 g/mol. The van der Waals surface area contributed by atoms with Gasteiger partial charge in [-0.15, -0.1) is 0 Å². The van der Waals surface area contributed by atoms with Crippen LogP contribution >= 0.6 is 35.4 Å². The fraction of sp³-hybridized carbons (Fsp3) is 0.333. The zero-order valence-electron chi connectivity index (χ0n) is 10.1. The maximum absolute atomic E-state index is 12.3. The minimum atomic E-state index is -0.0933. The van der Waals surface area contributed by atoms with E-state index >= 15 is 0 Å². The highest BCUT2D eigenvalue weighted by Crippen LogP contribution is 2.22. The molecule has 1 aliphatic heterocycles. The number of thiocarbonyl (C=S) groups is 1. The number of hydrogen-bond acceptors (Lipinski definition) is 2. The predicted octanol–water partition coefficient (Wildman–Crippen LogP) is 1.99. The zero-order valence-corrected chi connectivity index (χ0v) is 12.4. The standard InChI is InChI=1S/C12H13Cl2N3OS/c13-8-1-2-9(10(14)7-8)11(18)16-3-5-17(6-4-16)12(15)19/h1-2,7H,3-6H2,(H2,15,19). The van der Waals surface area contributed by atoms with Gasteiger partial charge in [0.2, 0.25) is 0 Å². The van der Waals surface area contributed by atoms with Crippen molar-refractivity contribution in [1.29, 1.82) is 0 Å². The van der Waals surface area contributed by atoms with E-state index in [9.17, 15) is 4.79 Å². The molecule has 2 N–H and O–H groups in total. The normalized spacial score (nSPS) is 15.5. The number of piperazine rings is 1. The van der Waals surface area contributed by atoms with E-state index in [4.69, 9.17) is 41.2 Å². The van der Waals surface area contributed by atoms with Gasteiger partial charge in [-0.1, -0.05) is 23.2 Å². The van der Waals surface area contributed by atoms with Crippen LogP contribution < -0.4 is 5.73 Å². The first-order chi connectivity index (χ1) is 8.99. The van der Waals surface area contributed by atoms with Gasteiger partial charge in [-0.25, -0.2) is 0 Å². The van der Waals surface area contributed by atoms with E-state index in [1.165, 1.54) is 0 Å². The molecule has 0 atom stereocenters. The Kier molecular flexibility index (Phi) is 4.50. The van der Waals surface area contributed by atoms with Gasteiger partial charge in [0, 0.05) is 31.2 Å². The van der Waals surface area contributed by atoms with Crippen LogP contribution in [0.5, 0.6) is 0 Å². The van der Waals surface area contributed by atoms with Crippen LogP contribution in [0.4, 0.5) is 0 Å². The Morgan fingerprint density at radius 2 is 1.74 bits per heavy atom. The van der Waals surface area contributed by atoms with Crippen molar-refractivity contribution >= 4 is 46.4 Å². The Labute approximate surface area is 127 Å². The molecule has 4 nitrogen and oxygen atoms in total. The van der Waals surface area contributed by atoms with Crippen LogP contribution in [0, 0.1) is 0 Å². The summed E-state index contributed by atoms with van der Waals surface area (Å²) in [6, 6.07) is 4.88. The zero-order chi connectivity index (χ0) is 14.0. The van der Waals surface area contributed by atoms with Crippen LogP contribution in [-0.2, 0) is 0 Å². The lowest BCUT2D eigenvalue weighted by Gasteiger charge is -2.35. The summed E-state index contributed by atoms with van der Waals surface area (Å²) in [5, 5.41) is 1.26. The summed E-state index contributed by atoms with van der Waals surface area (Å²) < 4.78 is 0. The van der Waals surface area contributed by atoms with Gasteiger partial charge >= 0.3 is 0 Å². The highest BCUT2D eigenvalue weighted by molar-refractivity contribution is 7.80. The number of rotatable bonds is 1. The number of amides is 1. The van der Waals surface area contributed by atoms with Gasteiger partial charge in [0.05, 0.1) is 10.6 Å². The molecule has 0 unspecified atom stereocenters. The average Bonchev–Trinajstić information content (AvgIpc) is 2.38. The molecule has 1 amide bonds. The molecule has 0 aliphatic carbocycles. The molecular formula is C12H13Cl2N3OS. The third-order valence-electron chi connectivity index (χ3n) is 3.04. The molecule has 1 aromatic carbocycles. The van der Waals surface area contributed by atoms with Crippen LogP contribution in [0.1, 0.15) is 10.4 Å². The summed E-state index contributed by atoms with van der Waals surface area (Å²) in [6.45, 7) is 2.45. The Hall–Kier alpha value is -1.04. The molecule has 0 aromatic heterocycles. The fourth-order valence-corrected chi connectivity index (χ4v) is 2.64. The number of hydrogen-bond donors (Lipinski definition) is 1. The molecule has 102 valence electrons. The molecule has 7 heteroatoms. The van der Waals surface area contributed by atoms with E-state index < -0.39 is 0 Å². The molecule has 1 heterocycles.